The van der Waals surface area contributed by atoms with Crippen LogP contribution in [-0.4, -0.2) is 54.1 Å². The highest BCUT2D eigenvalue weighted by Crippen LogP contribution is 2.37. The van der Waals surface area contributed by atoms with Crippen molar-refractivity contribution in [3.8, 4) is 0 Å². The smallest absolute Gasteiger partial charge is 0.247 e. The Bertz CT molecular complexity index is 1090. The molecule has 2 aliphatic rings. The average Bonchev–Trinajstić information content (AvgIpc) is 3.58. The zero-order chi connectivity index (χ0) is 22.2. The number of carbonyl (C=O) groups excluding carboxylic acids is 2. The Kier molecular flexibility index (Phi) is 5.57. The van der Waals surface area contributed by atoms with Crippen LogP contribution in [0.4, 0.5) is 4.39 Å². The number of carbonyl (C=O) groups is 2. The second kappa shape index (κ2) is 8.05. The number of sulfonamides is 1. The summed E-state index contributed by atoms with van der Waals surface area (Å²) in [6, 6.07) is 13.6. The maximum absolute atomic E-state index is 13.3. The van der Waals surface area contributed by atoms with Gasteiger partial charge in [0.05, 0.1) is 11.4 Å². The lowest BCUT2D eigenvalue weighted by Gasteiger charge is -2.47. The monoisotopic (exact) mass is 445 g/mol. The predicted molar refractivity (Wildman–Crippen MR) is 112 cm³/mol. The molecule has 1 heterocycles. The van der Waals surface area contributed by atoms with E-state index in [-0.39, 0.29) is 42.3 Å². The normalized spacial score (nSPS) is 22.4. The fourth-order valence-electron chi connectivity index (χ4n) is 3.98. The van der Waals surface area contributed by atoms with Crippen LogP contribution < -0.4 is 5.32 Å². The van der Waals surface area contributed by atoms with Crippen molar-refractivity contribution in [1.29, 1.82) is 0 Å². The van der Waals surface area contributed by atoms with Crippen molar-refractivity contribution in [2.45, 2.75) is 42.8 Å². The molecule has 1 aliphatic carbocycles. The van der Waals surface area contributed by atoms with Crippen molar-refractivity contribution in [1.82, 2.24) is 14.5 Å². The van der Waals surface area contributed by atoms with Gasteiger partial charge in [0, 0.05) is 19.1 Å². The maximum Gasteiger partial charge on any atom is 0.247 e. The SMILES string of the molecule is C[C@]1(C(=O)NCc2ccc(F)cc2)CN(S(=O)(=O)c2ccccc2)CC(=O)N1C1CC1. The number of amides is 2. The Morgan fingerprint density at radius 1 is 1.13 bits per heavy atom. The summed E-state index contributed by atoms with van der Waals surface area (Å²) in [5.41, 5.74) is -0.648. The number of nitrogens with one attached hydrogen (secondary N) is 1. The first kappa shape index (κ1) is 21.5. The largest absolute Gasteiger partial charge is 0.350 e. The molecule has 0 aromatic heterocycles. The van der Waals surface area contributed by atoms with Crippen LogP contribution in [-0.2, 0) is 26.2 Å². The van der Waals surface area contributed by atoms with Gasteiger partial charge in [-0.05, 0) is 49.6 Å². The molecule has 1 saturated heterocycles. The summed E-state index contributed by atoms with van der Waals surface area (Å²) < 4.78 is 40.5. The summed E-state index contributed by atoms with van der Waals surface area (Å²) in [5.74, 6) is -1.20. The molecule has 0 spiro atoms. The van der Waals surface area contributed by atoms with E-state index in [1.165, 1.54) is 24.3 Å². The Morgan fingerprint density at radius 3 is 2.39 bits per heavy atom. The molecule has 9 heteroatoms. The molecule has 2 aromatic rings. The van der Waals surface area contributed by atoms with Gasteiger partial charge in [-0.3, -0.25) is 9.59 Å². The van der Waals surface area contributed by atoms with E-state index in [1.54, 1.807) is 42.2 Å². The number of rotatable bonds is 6. The second-order valence-electron chi connectivity index (χ2n) is 8.16. The van der Waals surface area contributed by atoms with Crippen molar-refractivity contribution in [2.75, 3.05) is 13.1 Å². The summed E-state index contributed by atoms with van der Waals surface area (Å²) in [5, 5.41) is 2.80. The van der Waals surface area contributed by atoms with E-state index < -0.39 is 21.5 Å². The molecule has 7 nitrogen and oxygen atoms in total. The van der Waals surface area contributed by atoms with Crippen molar-refractivity contribution in [3.63, 3.8) is 0 Å². The van der Waals surface area contributed by atoms with Crippen LogP contribution in [0.15, 0.2) is 59.5 Å². The molecular formula is C22H24FN3O4S. The van der Waals surface area contributed by atoms with E-state index in [0.29, 0.717) is 5.56 Å². The number of nitrogens with zero attached hydrogens (tertiary/aromatic N) is 2. The third-order valence-corrected chi connectivity index (χ3v) is 7.55. The topological polar surface area (TPSA) is 86.8 Å². The Balaban J connectivity index is 1.59. The lowest BCUT2D eigenvalue weighted by Crippen LogP contribution is -2.70. The molecular weight excluding hydrogens is 421 g/mol. The minimum Gasteiger partial charge on any atom is -0.350 e. The highest BCUT2D eigenvalue weighted by molar-refractivity contribution is 7.89. The van der Waals surface area contributed by atoms with Gasteiger partial charge in [0.2, 0.25) is 21.8 Å². The first-order chi connectivity index (χ1) is 14.7. The summed E-state index contributed by atoms with van der Waals surface area (Å²) in [7, 11) is -3.94. The highest BCUT2D eigenvalue weighted by atomic mass is 32.2. The molecule has 1 N–H and O–H groups in total. The number of hydrogen-bond acceptors (Lipinski definition) is 4. The first-order valence-electron chi connectivity index (χ1n) is 10.1. The van der Waals surface area contributed by atoms with Gasteiger partial charge in [-0.2, -0.15) is 4.31 Å². The van der Waals surface area contributed by atoms with Crippen LogP contribution in [0.25, 0.3) is 0 Å². The standard InChI is InChI=1S/C22H24FN3O4S/c1-22(21(28)24-13-16-7-9-17(23)10-8-16)15-25(14-20(27)26(22)18-11-12-18)31(29,30)19-5-3-2-4-6-19/h2-10,18H,11-15H2,1H3,(H,24,28)/t22-/m1/s1. The number of halogens is 1. The predicted octanol–water partition coefficient (Wildman–Crippen LogP) is 1.90. The summed E-state index contributed by atoms with van der Waals surface area (Å²) in [6.45, 7) is 1.32. The van der Waals surface area contributed by atoms with E-state index in [2.05, 4.69) is 5.32 Å². The van der Waals surface area contributed by atoms with E-state index in [4.69, 9.17) is 0 Å². The van der Waals surface area contributed by atoms with Crippen molar-refractivity contribution < 1.29 is 22.4 Å². The van der Waals surface area contributed by atoms with Gasteiger partial charge < -0.3 is 10.2 Å². The van der Waals surface area contributed by atoms with Gasteiger partial charge in [0.25, 0.3) is 0 Å². The van der Waals surface area contributed by atoms with Crippen LogP contribution in [0.3, 0.4) is 0 Å². The van der Waals surface area contributed by atoms with E-state index >= 15 is 0 Å². The minimum atomic E-state index is -3.94. The lowest BCUT2D eigenvalue weighted by atomic mass is 9.95. The molecule has 1 atom stereocenters. The fraction of sp³-hybridized carbons (Fsp3) is 0.364. The zero-order valence-corrected chi connectivity index (χ0v) is 17.9. The highest BCUT2D eigenvalue weighted by Gasteiger charge is 2.54. The Hall–Kier alpha value is -2.78. The second-order valence-corrected chi connectivity index (χ2v) is 10.1. The summed E-state index contributed by atoms with van der Waals surface area (Å²) in [6.07, 6.45) is 1.58. The molecule has 0 radical (unpaired) electrons. The molecule has 31 heavy (non-hydrogen) atoms. The third kappa shape index (κ3) is 4.20. The molecule has 2 fully saturated rings. The van der Waals surface area contributed by atoms with Crippen LogP contribution >= 0.6 is 0 Å². The van der Waals surface area contributed by atoms with Crippen molar-refractivity contribution in [2.24, 2.45) is 0 Å². The average molecular weight is 446 g/mol. The molecule has 0 bridgehead atoms. The first-order valence-corrected chi connectivity index (χ1v) is 11.6. The van der Waals surface area contributed by atoms with Gasteiger partial charge >= 0.3 is 0 Å². The van der Waals surface area contributed by atoms with E-state index in [1.807, 2.05) is 0 Å². The van der Waals surface area contributed by atoms with Crippen LogP contribution in [0.5, 0.6) is 0 Å². The van der Waals surface area contributed by atoms with Crippen LogP contribution in [0.1, 0.15) is 25.3 Å². The fourth-order valence-corrected chi connectivity index (χ4v) is 5.49. The summed E-state index contributed by atoms with van der Waals surface area (Å²) >= 11 is 0. The molecule has 1 aliphatic heterocycles. The quantitative estimate of drug-likeness (QED) is 0.736. The molecule has 0 unspecified atom stereocenters. The molecule has 1 saturated carbocycles. The van der Waals surface area contributed by atoms with E-state index in [9.17, 15) is 22.4 Å². The van der Waals surface area contributed by atoms with Gasteiger partial charge in [0.15, 0.2) is 0 Å². The lowest BCUT2D eigenvalue weighted by molar-refractivity contribution is -0.153. The Morgan fingerprint density at radius 2 is 1.77 bits per heavy atom. The third-order valence-electron chi connectivity index (χ3n) is 5.74. The van der Waals surface area contributed by atoms with Crippen LogP contribution in [0, 0.1) is 5.82 Å². The molecule has 2 amide bonds. The van der Waals surface area contributed by atoms with Gasteiger partial charge in [0.1, 0.15) is 11.4 Å². The summed E-state index contributed by atoms with van der Waals surface area (Å²) in [4.78, 5) is 27.9. The number of benzene rings is 2. The maximum atomic E-state index is 13.3. The van der Waals surface area contributed by atoms with E-state index in [0.717, 1.165) is 17.1 Å². The minimum absolute atomic E-state index is 0.0596. The van der Waals surface area contributed by atoms with Crippen LogP contribution in [0.2, 0.25) is 0 Å². The van der Waals surface area contributed by atoms with Gasteiger partial charge in [-0.1, -0.05) is 30.3 Å². The Labute approximate surface area is 180 Å². The van der Waals surface area contributed by atoms with Crippen molar-refractivity contribution in [3.05, 3.63) is 66.0 Å². The number of hydrogen-bond donors (Lipinski definition) is 1. The van der Waals surface area contributed by atoms with Gasteiger partial charge in [-0.15, -0.1) is 0 Å². The molecule has 2 aromatic carbocycles. The zero-order valence-electron chi connectivity index (χ0n) is 17.1. The molecule has 164 valence electrons. The van der Waals surface area contributed by atoms with Crippen molar-refractivity contribution >= 4 is 21.8 Å². The van der Waals surface area contributed by atoms with Gasteiger partial charge in [-0.25, -0.2) is 12.8 Å². The molecule has 4 rings (SSSR count). The number of piperazine rings is 1.